The minimum absolute atomic E-state index is 0.667. The van der Waals surface area contributed by atoms with Crippen molar-refractivity contribution in [2.24, 2.45) is 0 Å². The van der Waals surface area contributed by atoms with Gasteiger partial charge in [-0.25, -0.2) is 0 Å². The van der Waals surface area contributed by atoms with Crippen LogP contribution in [0.15, 0.2) is 0 Å². The Hall–Kier alpha value is -0.440. The minimum atomic E-state index is -1.74. The Labute approximate surface area is 130 Å². The first kappa shape index (κ1) is 18.9. The average Bonchev–Trinajstić information content (AvgIpc) is 2.55. The number of hydrogen-bond acceptors (Lipinski definition) is 11. The summed E-state index contributed by atoms with van der Waals surface area (Å²) in [5.74, 6) is 0. The van der Waals surface area contributed by atoms with E-state index in [0.29, 0.717) is 0 Å². The van der Waals surface area contributed by atoms with Crippen molar-refractivity contribution >= 4 is 0 Å². The molecule has 0 aliphatic carbocycles. The molecule has 11 nitrogen and oxygen atoms in total. The maximum atomic E-state index is 9.94. The molecule has 0 spiro atoms. The van der Waals surface area contributed by atoms with E-state index in [1.807, 2.05) is 0 Å². The first-order valence-electron chi connectivity index (χ1n) is 7.08. The van der Waals surface area contributed by atoms with Crippen LogP contribution in [0.25, 0.3) is 0 Å². The van der Waals surface area contributed by atoms with E-state index in [4.69, 9.17) is 19.3 Å². The standard InChI is InChI=1S/C12H22O11/c13-1-3-5(15)6(16)9(19)12(22-3)23-10-4(2-14)21-11(20)8(18)7(10)17/h3-20H,1-2H2/i1+1,2+1,3+1,4+1,5+1,6+1,7+1,8+1,9+1,10+1,11+1,12+1. The highest BCUT2D eigenvalue weighted by atomic mass is 16.9. The predicted octanol–water partition coefficient (Wildman–Crippen LogP) is -5.40. The van der Waals surface area contributed by atoms with Gasteiger partial charge in [-0.1, -0.05) is 0 Å². The van der Waals surface area contributed by atoms with Crippen molar-refractivity contribution in [3.05, 3.63) is 0 Å². The van der Waals surface area contributed by atoms with Crippen LogP contribution in [-0.2, 0) is 14.2 Å². The summed E-state index contributed by atoms with van der Waals surface area (Å²) in [5.41, 5.74) is 0. The smallest absolute Gasteiger partial charge is 0.187 e. The average molecular weight is 354 g/mol. The minimum Gasteiger partial charge on any atom is -0.394 e. The maximum Gasteiger partial charge on any atom is 0.187 e. The van der Waals surface area contributed by atoms with Gasteiger partial charge in [0.2, 0.25) is 0 Å². The van der Waals surface area contributed by atoms with Gasteiger partial charge in [0, 0.05) is 0 Å². The van der Waals surface area contributed by atoms with Gasteiger partial charge >= 0.3 is 0 Å². The molecule has 23 heavy (non-hydrogen) atoms. The normalized spacial score (nSPS) is 51.7. The van der Waals surface area contributed by atoms with Gasteiger partial charge in [-0.15, -0.1) is 0 Å². The fourth-order valence-corrected chi connectivity index (χ4v) is 2.57. The monoisotopic (exact) mass is 354 g/mol. The van der Waals surface area contributed by atoms with E-state index >= 15 is 0 Å². The summed E-state index contributed by atoms with van der Waals surface area (Å²) in [5, 5.41) is 76.5. The number of ether oxygens (including phenoxy) is 3. The second kappa shape index (κ2) is 7.63. The molecule has 2 fully saturated rings. The Morgan fingerprint density at radius 2 is 1.26 bits per heavy atom. The quantitative estimate of drug-likeness (QED) is 0.225. The van der Waals surface area contributed by atoms with E-state index in [9.17, 15) is 35.7 Å². The Balaban J connectivity index is 2.11. The van der Waals surface area contributed by atoms with Gasteiger partial charge in [0.1, 0.15) is 48.8 Å². The zero-order chi connectivity index (χ0) is 17.3. The maximum absolute atomic E-state index is 9.94. The van der Waals surface area contributed by atoms with Gasteiger partial charge < -0.3 is 55.1 Å². The van der Waals surface area contributed by atoms with E-state index in [1.54, 1.807) is 0 Å². The molecular formula is C12H22O11. The van der Waals surface area contributed by atoms with Crippen molar-refractivity contribution in [3.8, 4) is 0 Å². The molecular weight excluding hydrogens is 332 g/mol. The van der Waals surface area contributed by atoms with Crippen LogP contribution >= 0.6 is 0 Å². The zero-order valence-corrected chi connectivity index (χ0v) is 12.0. The van der Waals surface area contributed by atoms with E-state index in [0.717, 1.165) is 0 Å². The van der Waals surface area contributed by atoms with Gasteiger partial charge in [0.05, 0.1) is 13.2 Å². The molecule has 11 heteroatoms. The van der Waals surface area contributed by atoms with Crippen molar-refractivity contribution in [1.29, 1.82) is 0 Å². The van der Waals surface area contributed by atoms with Crippen molar-refractivity contribution < 1.29 is 55.1 Å². The molecule has 2 heterocycles. The first-order chi connectivity index (χ1) is 10.8. The SMILES string of the molecule is O[13CH2][13CH]1O[13CH](O[13CH]2[13CH]([13CH2]O)O[13CH](O)[13CH](O)[13CH]2O)[13CH](O)[13CH](O)[13CH]1O. The molecule has 0 aromatic carbocycles. The molecule has 0 amide bonds. The summed E-state index contributed by atoms with van der Waals surface area (Å²) in [7, 11) is 0. The molecule has 0 radical (unpaired) electrons. The van der Waals surface area contributed by atoms with E-state index in [1.165, 1.54) is 0 Å². The molecule has 10 unspecified atom stereocenters. The lowest BCUT2D eigenvalue weighted by molar-refractivity contribution is -0.355. The molecule has 0 bridgehead atoms. The largest absolute Gasteiger partial charge is 0.394 e. The lowest BCUT2D eigenvalue weighted by atomic mass is 10.9. The van der Waals surface area contributed by atoms with Crippen LogP contribution in [0.2, 0.25) is 0 Å². The summed E-state index contributed by atoms with van der Waals surface area (Å²) in [6, 6.07) is 0. The Morgan fingerprint density at radius 1 is 0.652 bits per heavy atom. The summed E-state index contributed by atoms with van der Waals surface area (Å²) in [6.45, 7) is -1.35. The second-order valence-corrected chi connectivity index (χ2v) is 5.53. The zero-order valence-electron chi connectivity index (χ0n) is 12.0. The molecule has 2 saturated heterocycles. The number of hydrogen-bond donors (Lipinski definition) is 8. The fourth-order valence-electron chi connectivity index (χ4n) is 2.57. The number of aliphatic hydroxyl groups is 8. The van der Waals surface area contributed by atoms with E-state index < -0.39 is 74.6 Å². The van der Waals surface area contributed by atoms with E-state index in [2.05, 4.69) is 0 Å². The van der Waals surface area contributed by atoms with Crippen LogP contribution in [0.4, 0.5) is 0 Å². The molecule has 136 valence electrons. The third kappa shape index (κ3) is 3.65. The highest BCUT2D eigenvalue weighted by Crippen LogP contribution is 2.28. The molecule has 8 N–H and O–H groups in total. The lowest BCUT2D eigenvalue weighted by Gasteiger charge is -2.45. The van der Waals surface area contributed by atoms with Gasteiger partial charge in [0.25, 0.3) is 0 Å². The highest BCUT2D eigenvalue weighted by molar-refractivity contribution is 4.93. The van der Waals surface area contributed by atoms with Crippen molar-refractivity contribution in [1.82, 2.24) is 0 Å². The van der Waals surface area contributed by atoms with Crippen LogP contribution < -0.4 is 0 Å². The summed E-state index contributed by atoms with van der Waals surface area (Å²) >= 11 is 0. The van der Waals surface area contributed by atoms with Gasteiger partial charge in [-0.05, 0) is 0 Å². The Kier molecular flexibility index (Phi) is 6.27. The van der Waals surface area contributed by atoms with Crippen molar-refractivity contribution in [2.75, 3.05) is 13.2 Å². The van der Waals surface area contributed by atoms with Crippen molar-refractivity contribution in [3.63, 3.8) is 0 Å². The molecule has 2 aliphatic rings. The summed E-state index contributed by atoms with van der Waals surface area (Å²) < 4.78 is 15.3. The topological polar surface area (TPSA) is 190 Å². The van der Waals surface area contributed by atoms with Crippen LogP contribution in [-0.4, -0.2) is 115 Å². The molecule has 10 atom stereocenters. The third-order valence-corrected chi connectivity index (χ3v) is 3.98. The Morgan fingerprint density at radius 3 is 1.83 bits per heavy atom. The van der Waals surface area contributed by atoms with Gasteiger partial charge in [0.15, 0.2) is 12.6 Å². The molecule has 2 rings (SSSR count). The van der Waals surface area contributed by atoms with Gasteiger partial charge in [-0.2, -0.15) is 0 Å². The molecule has 2 aliphatic heterocycles. The third-order valence-electron chi connectivity index (χ3n) is 3.98. The van der Waals surface area contributed by atoms with Gasteiger partial charge in [-0.3, -0.25) is 0 Å². The lowest BCUT2D eigenvalue weighted by Crippen LogP contribution is -2.64. The predicted molar refractivity (Wildman–Crippen MR) is 68.6 cm³/mol. The molecule has 0 aromatic heterocycles. The second-order valence-electron chi connectivity index (χ2n) is 5.53. The molecule has 0 saturated carbocycles. The fraction of sp³-hybridized carbons (Fsp3) is 1.00. The number of aliphatic hydroxyl groups excluding tert-OH is 8. The van der Waals surface area contributed by atoms with Crippen molar-refractivity contribution in [2.45, 2.75) is 61.4 Å². The van der Waals surface area contributed by atoms with E-state index in [-0.39, 0.29) is 0 Å². The van der Waals surface area contributed by atoms with Crippen LogP contribution in [0.1, 0.15) is 0 Å². The summed E-state index contributed by atoms with van der Waals surface area (Å²) in [4.78, 5) is 0. The van der Waals surface area contributed by atoms with Crippen LogP contribution in [0.3, 0.4) is 0 Å². The number of rotatable bonds is 4. The summed E-state index contributed by atoms with van der Waals surface area (Å²) in [6.07, 6.45) is -15.6. The first-order valence-corrected chi connectivity index (χ1v) is 7.08. The highest BCUT2D eigenvalue weighted by Gasteiger charge is 2.50. The molecule has 0 aromatic rings. The van der Waals surface area contributed by atoms with Crippen LogP contribution in [0, 0.1) is 0 Å². The Bertz CT molecular complexity index is 378. The van der Waals surface area contributed by atoms with Crippen LogP contribution in [0.5, 0.6) is 0 Å².